The average molecular weight is 405 g/mol. The number of esters is 1. The molecule has 0 bridgehead atoms. The number of hydrogen-bond donors (Lipinski definition) is 2. The molecule has 0 saturated heterocycles. The highest BCUT2D eigenvalue weighted by atomic mass is 16.5. The fourth-order valence-electron chi connectivity index (χ4n) is 3.36. The highest BCUT2D eigenvalue weighted by Gasteiger charge is 2.33. The van der Waals surface area contributed by atoms with Gasteiger partial charge in [-0.15, -0.1) is 0 Å². The van der Waals surface area contributed by atoms with Crippen molar-refractivity contribution in [3.05, 3.63) is 35.0 Å². The van der Waals surface area contributed by atoms with Gasteiger partial charge in [0.05, 0.1) is 32.4 Å². The number of hydrogen-bond acceptors (Lipinski definition) is 5. The van der Waals surface area contributed by atoms with Gasteiger partial charge in [-0.25, -0.2) is 9.59 Å². The molecule has 2 amide bonds. The van der Waals surface area contributed by atoms with Crippen LogP contribution in [0.25, 0.3) is 0 Å². The maximum atomic E-state index is 12.5. The molecule has 0 radical (unpaired) electrons. The van der Waals surface area contributed by atoms with Gasteiger partial charge in [0, 0.05) is 5.70 Å². The molecule has 1 aliphatic heterocycles. The molecular weight excluding hydrogens is 372 g/mol. The first-order valence-corrected chi connectivity index (χ1v) is 10.2. The third-order valence-electron chi connectivity index (χ3n) is 4.84. The Hall–Kier alpha value is -2.70. The molecule has 1 unspecified atom stereocenters. The lowest BCUT2D eigenvalue weighted by molar-refractivity contribution is -0.136. The molecule has 0 saturated carbocycles. The van der Waals surface area contributed by atoms with Crippen molar-refractivity contribution in [2.75, 3.05) is 20.8 Å². The molecule has 2 N–H and O–H groups in total. The first-order chi connectivity index (χ1) is 14.0. The predicted octanol–water partition coefficient (Wildman–Crippen LogP) is 4.24. The highest BCUT2D eigenvalue weighted by molar-refractivity contribution is 5.95. The summed E-state index contributed by atoms with van der Waals surface area (Å²) >= 11 is 0. The molecule has 0 aromatic heterocycles. The van der Waals surface area contributed by atoms with Crippen molar-refractivity contribution in [1.29, 1.82) is 0 Å². The number of nitrogens with one attached hydrogen (secondary N) is 2. The van der Waals surface area contributed by atoms with E-state index in [-0.39, 0.29) is 6.03 Å². The van der Waals surface area contributed by atoms with Gasteiger partial charge >= 0.3 is 12.0 Å². The summed E-state index contributed by atoms with van der Waals surface area (Å²) in [6.45, 7) is 4.78. The molecule has 0 aliphatic carbocycles. The summed E-state index contributed by atoms with van der Waals surface area (Å²) in [5.41, 5.74) is 1.72. The Morgan fingerprint density at radius 1 is 1.07 bits per heavy atom. The third kappa shape index (κ3) is 5.89. The number of carbonyl (C=O) groups excluding carboxylic acids is 2. The zero-order chi connectivity index (χ0) is 21.2. The van der Waals surface area contributed by atoms with Crippen LogP contribution in [0.1, 0.15) is 64.0 Å². The van der Waals surface area contributed by atoms with Gasteiger partial charge in [-0.2, -0.15) is 0 Å². The number of methoxy groups -OCH3 is 2. The average Bonchev–Trinajstić information content (AvgIpc) is 2.73. The lowest BCUT2D eigenvalue weighted by Gasteiger charge is -2.29. The number of amides is 2. The van der Waals surface area contributed by atoms with Gasteiger partial charge in [-0.05, 0) is 30.5 Å². The fraction of sp³-hybridized carbons (Fsp3) is 0.545. The van der Waals surface area contributed by atoms with E-state index in [4.69, 9.17) is 14.2 Å². The summed E-state index contributed by atoms with van der Waals surface area (Å²) in [5, 5.41) is 5.56. The molecule has 1 heterocycles. The van der Waals surface area contributed by atoms with Gasteiger partial charge in [0.15, 0.2) is 11.5 Å². The second-order valence-corrected chi connectivity index (χ2v) is 6.98. The zero-order valence-electron chi connectivity index (χ0n) is 17.8. The molecule has 7 nitrogen and oxygen atoms in total. The predicted molar refractivity (Wildman–Crippen MR) is 111 cm³/mol. The van der Waals surface area contributed by atoms with E-state index in [1.165, 1.54) is 20.0 Å². The van der Waals surface area contributed by atoms with Crippen LogP contribution in [0.15, 0.2) is 29.5 Å². The molecule has 1 aromatic rings. The van der Waals surface area contributed by atoms with Crippen molar-refractivity contribution < 1.29 is 23.8 Å². The van der Waals surface area contributed by atoms with Gasteiger partial charge in [0.25, 0.3) is 0 Å². The van der Waals surface area contributed by atoms with Gasteiger partial charge < -0.3 is 24.8 Å². The smallest absolute Gasteiger partial charge is 0.337 e. The molecule has 160 valence electrons. The molecule has 1 aromatic carbocycles. The third-order valence-corrected chi connectivity index (χ3v) is 4.84. The summed E-state index contributed by atoms with van der Waals surface area (Å²) in [5.74, 6) is 0.735. The van der Waals surface area contributed by atoms with E-state index < -0.39 is 12.0 Å². The number of allylic oxidation sites excluding steroid dienone is 1. The second-order valence-electron chi connectivity index (χ2n) is 6.98. The van der Waals surface area contributed by atoms with Crippen LogP contribution in [0.2, 0.25) is 0 Å². The standard InChI is InChI=1S/C22H32N2O5/c1-5-7-8-9-13-29-17-12-11-15(14-18(17)27-3)20-19(21(25)28-4)16(10-6-2)23-22(26)24-20/h11-12,14,20H,5-10,13H2,1-4H3,(H2,23,24,26). The van der Waals surface area contributed by atoms with Crippen LogP contribution in [-0.4, -0.2) is 32.8 Å². The van der Waals surface area contributed by atoms with Crippen LogP contribution in [0.4, 0.5) is 4.79 Å². The van der Waals surface area contributed by atoms with Gasteiger partial charge in [-0.1, -0.05) is 45.6 Å². The van der Waals surface area contributed by atoms with Crippen molar-refractivity contribution in [3.63, 3.8) is 0 Å². The number of ether oxygens (including phenoxy) is 3. The van der Waals surface area contributed by atoms with E-state index in [9.17, 15) is 9.59 Å². The fourth-order valence-corrected chi connectivity index (χ4v) is 3.36. The van der Waals surface area contributed by atoms with Crippen molar-refractivity contribution in [2.45, 2.75) is 58.4 Å². The quantitative estimate of drug-likeness (QED) is 0.426. The van der Waals surface area contributed by atoms with E-state index in [1.54, 1.807) is 13.2 Å². The maximum Gasteiger partial charge on any atom is 0.337 e. The van der Waals surface area contributed by atoms with Gasteiger partial charge in [-0.3, -0.25) is 0 Å². The molecule has 1 aliphatic rings. The minimum absolute atomic E-state index is 0.346. The Morgan fingerprint density at radius 2 is 1.86 bits per heavy atom. The van der Waals surface area contributed by atoms with Gasteiger partial charge in [0.1, 0.15) is 0 Å². The number of benzene rings is 1. The summed E-state index contributed by atoms with van der Waals surface area (Å²) in [7, 11) is 2.91. The molecule has 29 heavy (non-hydrogen) atoms. The summed E-state index contributed by atoms with van der Waals surface area (Å²) in [4.78, 5) is 24.6. The van der Waals surface area contributed by atoms with Crippen LogP contribution >= 0.6 is 0 Å². The molecule has 0 spiro atoms. The maximum absolute atomic E-state index is 12.5. The Labute approximate surface area is 172 Å². The van der Waals surface area contributed by atoms with Crippen LogP contribution < -0.4 is 20.1 Å². The SMILES string of the molecule is CCCCCCOc1ccc(C2NC(=O)NC(CCC)=C2C(=O)OC)cc1OC. The van der Waals surface area contributed by atoms with Crippen molar-refractivity contribution in [2.24, 2.45) is 0 Å². The Bertz CT molecular complexity index is 745. The Kier molecular flexibility index (Phi) is 8.83. The van der Waals surface area contributed by atoms with Crippen molar-refractivity contribution in [3.8, 4) is 11.5 Å². The summed E-state index contributed by atoms with van der Waals surface area (Å²) in [6.07, 6.45) is 5.85. The zero-order valence-corrected chi connectivity index (χ0v) is 17.8. The van der Waals surface area contributed by atoms with Crippen LogP contribution in [0.3, 0.4) is 0 Å². The number of rotatable bonds is 11. The van der Waals surface area contributed by atoms with Crippen molar-refractivity contribution >= 4 is 12.0 Å². The number of urea groups is 1. The minimum atomic E-state index is -0.620. The summed E-state index contributed by atoms with van der Waals surface area (Å²) in [6, 6.07) is 4.49. The molecule has 0 fully saturated rings. The van der Waals surface area contributed by atoms with E-state index >= 15 is 0 Å². The first-order valence-electron chi connectivity index (χ1n) is 10.2. The number of carbonyl (C=O) groups is 2. The lowest BCUT2D eigenvalue weighted by atomic mass is 9.93. The lowest BCUT2D eigenvalue weighted by Crippen LogP contribution is -2.45. The second kappa shape index (κ2) is 11.3. The first kappa shape index (κ1) is 22.6. The van der Waals surface area contributed by atoms with Crippen LogP contribution in [0.5, 0.6) is 11.5 Å². The Balaban J connectivity index is 2.29. The van der Waals surface area contributed by atoms with Gasteiger partial charge in [0.2, 0.25) is 0 Å². The van der Waals surface area contributed by atoms with Crippen LogP contribution in [0, 0.1) is 0 Å². The molecule has 7 heteroatoms. The normalized spacial score (nSPS) is 16.1. The summed E-state index contributed by atoms with van der Waals surface area (Å²) < 4.78 is 16.3. The molecular formula is C22H32N2O5. The monoisotopic (exact) mass is 404 g/mol. The highest BCUT2D eigenvalue weighted by Crippen LogP contribution is 2.35. The number of unbranched alkanes of at least 4 members (excludes halogenated alkanes) is 3. The Morgan fingerprint density at radius 3 is 2.52 bits per heavy atom. The topological polar surface area (TPSA) is 85.9 Å². The largest absolute Gasteiger partial charge is 0.493 e. The minimum Gasteiger partial charge on any atom is -0.493 e. The van der Waals surface area contributed by atoms with Crippen LogP contribution in [-0.2, 0) is 9.53 Å². The molecule has 2 rings (SSSR count). The van der Waals surface area contributed by atoms with E-state index in [2.05, 4.69) is 17.6 Å². The van der Waals surface area contributed by atoms with E-state index in [1.807, 2.05) is 19.1 Å². The van der Waals surface area contributed by atoms with E-state index in [0.717, 1.165) is 24.8 Å². The molecule has 1 atom stereocenters. The van der Waals surface area contributed by atoms with Crippen molar-refractivity contribution in [1.82, 2.24) is 10.6 Å². The van der Waals surface area contributed by atoms with E-state index in [0.29, 0.717) is 35.8 Å².